The Balaban J connectivity index is 1.28. The van der Waals surface area contributed by atoms with Crippen LogP contribution in [0.3, 0.4) is 0 Å². The van der Waals surface area contributed by atoms with Crippen LogP contribution in [0.15, 0.2) is 77.8 Å². The van der Waals surface area contributed by atoms with Gasteiger partial charge in [0.15, 0.2) is 0 Å². The van der Waals surface area contributed by atoms with Gasteiger partial charge < -0.3 is 9.64 Å². The van der Waals surface area contributed by atoms with Crippen LogP contribution >= 0.6 is 0 Å². The molecule has 1 aromatic heterocycles. The Hall–Kier alpha value is -3.90. The maximum atomic E-state index is 13.9. The summed E-state index contributed by atoms with van der Waals surface area (Å²) in [6, 6.07) is 17.3. The number of alkyl halides is 3. The van der Waals surface area contributed by atoms with Crippen molar-refractivity contribution in [3.8, 4) is 11.5 Å². The molecule has 8 nitrogen and oxygen atoms in total. The van der Waals surface area contributed by atoms with Crippen LogP contribution in [0.4, 0.5) is 18.9 Å². The minimum Gasteiger partial charge on any atom is -0.456 e. The average molecular weight is 570 g/mol. The van der Waals surface area contributed by atoms with Gasteiger partial charge in [-0.2, -0.15) is 17.5 Å². The average Bonchev–Trinajstić information content (AvgIpc) is 3.61. The molecule has 40 heavy (non-hydrogen) atoms. The predicted molar refractivity (Wildman–Crippen MR) is 141 cm³/mol. The molecule has 0 aliphatic carbocycles. The highest BCUT2D eigenvalue weighted by molar-refractivity contribution is 7.89. The zero-order valence-corrected chi connectivity index (χ0v) is 22.2. The lowest BCUT2D eigenvalue weighted by atomic mass is 10.1. The first-order valence-electron chi connectivity index (χ1n) is 12.9. The topological polar surface area (TPSA) is 80.6 Å². The molecule has 0 bridgehead atoms. The molecule has 0 unspecified atom stereocenters. The Morgan fingerprint density at radius 3 is 2.40 bits per heavy atom. The first-order valence-corrected chi connectivity index (χ1v) is 14.3. The number of aromatic nitrogens is 3. The maximum Gasteiger partial charge on any atom is 0.416 e. The Bertz CT molecular complexity index is 1630. The summed E-state index contributed by atoms with van der Waals surface area (Å²) >= 11 is 0. The molecule has 208 valence electrons. The third-order valence-corrected chi connectivity index (χ3v) is 8.94. The summed E-state index contributed by atoms with van der Waals surface area (Å²) in [6.07, 6.45) is -0.626. The number of fused-ring (bicyclic) bond motifs is 2. The highest BCUT2D eigenvalue weighted by atomic mass is 32.2. The molecule has 12 heteroatoms. The Morgan fingerprint density at radius 2 is 1.65 bits per heavy atom. The van der Waals surface area contributed by atoms with E-state index in [1.807, 2.05) is 30.3 Å². The van der Waals surface area contributed by atoms with Crippen LogP contribution < -0.4 is 9.64 Å². The smallest absolute Gasteiger partial charge is 0.416 e. The fourth-order valence-electron chi connectivity index (χ4n) is 5.02. The maximum absolute atomic E-state index is 13.9. The largest absolute Gasteiger partial charge is 0.456 e. The van der Waals surface area contributed by atoms with Gasteiger partial charge in [0.1, 0.15) is 16.4 Å². The van der Waals surface area contributed by atoms with E-state index in [-0.39, 0.29) is 30.3 Å². The van der Waals surface area contributed by atoms with Crippen molar-refractivity contribution in [1.82, 2.24) is 19.3 Å². The number of nitrogens with zero attached hydrogens (tertiary/aromatic N) is 5. The number of benzene rings is 3. The van der Waals surface area contributed by atoms with E-state index in [1.165, 1.54) is 21.1 Å². The first-order chi connectivity index (χ1) is 19.2. The van der Waals surface area contributed by atoms with Gasteiger partial charge in [0, 0.05) is 37.0 Å². The van der Waals surface area contributed by atoms with Gasteiger partial charge in [0.25, 0.3) is 0 Å². The quantitative estimate of drug-likeness (QED) is 0.318. The molecular weight excluding hydrogens is 543 g/mol. The second kappa shape index (κ2) is 10.3. The van der Waals surface area contributed by atoms with Crippen molar-refractivity contribution in [3.05, 3.63) is 95.3 Å². The van der Waals surface area contributed by atoms with Crippen molar-refractivity contribution < 1.29 is 26.3 Å². The van der Waals surface area contributed by atoms with Crippen LogP contribution in [0.5, 0.6) is 11.5 Å². The zero-order chi connectivity index (χ0) is 27.9. The van der Waals surface area contributed by atoms with Gasteiger partial charge >= 0.3 is 6.18 Å². The van der Waals surface area contributed by atoms with Gasteiger partial charge in [-0.3, -0.25) is 0 Å². The standard InChI is InChI=1S/C28H26F3N5O3S/c29-28(30,31)22-9-7-20(8-10-22)16-35-18-23(32-33-35)19-36-17-21-5-1-2-6-25(21)39-26-15-24(34-13-3-4-14-34)11-12-27(26)40(36,37)38/h1-2,5-12,15,18H,3-4,13-14,16-17,19H2. The summed E-state index contributed by atoms with van der Waals surface area (Å²) in [6.45, 7) is 2.04. The third kappa shape index (κ3) is 5.28. The SMILES string of the molecule is O=S1(=O)c2ccc(N3CCCC3)cc2Oc2ccccc2CN1Cc1cn(Cc2ccc(C(F)(F)F)cc2)nn1. The van der Waals surface area contributed by atoms with Crippen LogP contribution in [0.1, 0.15) is 35.2 Å². The number of anilines is 1. The second-order valence-corrected chi connectivity index (χ2v) is 11.8. The van der Waals surface area contributed by atoms with Gasteiger partial charge in [-0.05, 0) is 48.7 Å². The third-order valence-electron chi connectivity index (χ3n) is 7.11. The zero-order valence-electron chi connectivity index (χ0n) is 21.4. The molecule has 0 atom stereocenters. The van der Waals surface area contributed by atoms with Crippen molar-refractivity contribution in [2.24, 2.45) is 0 Å². The molecule has 1 fully saturated rings. The Morgan fingerprint density at radius 1 is 0.900 bits per heavy atom. The summed E-state index contributed by atoms with van der Waals surface area (Å²) in [4.78, 5) is 2.29. The fraction of sp³-hybridized carbons (Fsp3) is 0.286. The lowest BCUT2D eigenvalue weighted by Gasteiger charge is -2.28. The van der Waals surface area contributed by atoms with Gasteiger partial charge in [-0.25, -0.2) is 13.1 Å². The van der Waals surface area contributed by atoms with Crippen LogP contribution in [-0.2, 0) is 35.8 Å². The van der Waals surface area contributed by atoms with Gasteiger partial charge in [0.05, 0.1) is 30.5 Å². The normalized spacial score (nSPS) is 17.0. The van der Waals surface area contributed by atoms with E-state index in [0.29, 0.717) is 22.6 Å². The summed E-state index contributed by atoms with van der Waals surface area (Å²) in [5.41, 5.74) is 1.92. The minimum atomic E-state index is -4.41. The van der Waals surface area contributed by atoms with Crippen molar-refractivity contribution in [1.29, 1.82) is 0 Å². The molecule has 0 N–H and O–H groups in total. The highest BCUT2D eigenvalue weighted by Crippen LogP contribution is 2.39. The number of ether oxygens (including phenoxy) is 1. The van der Waals surface area contributed by atoms with Crippen LogP contribution in [-0.4, -0.2) is 40.8 Å². The van der Waals surface area contributed by atoms with Crippen molar-refractivity contribution in [2.75, 3.05) is 18.0 Å². The molecule has 1 saturated heterocycles. The number of rotatable bonds is 5. The Kier molecular flexibility index (Phi) is 6.75. The van der Waals surface area contributed by atoms with Crippen LogP contribution in [0.2, 0.25) is 0 Å². The van der Waals surface area contributed by atoms with E-state index in [9.17, 15) is 21.6 Å². The molecule has 4 aromatic rings. The molecule has 6 rings (SSSR count). The van der Waals surface area contributed by atoms with E-state index in [2.05, 4.69) is 15.2 Å². The molecule has 0 spiro atoms. The minimum absolute atomic E-state index is 0.0446. The van der Waals surface area contributed by atoms with Gasteiger partial charge in [0.2, 0.25) is 10.0 Å². The van der Waals surface area contributed by atoms with E-state index in [1.54, 1.807) is 18.3 Å². The first kappa shape index (κ1) is 26.3. The van der Waals surface area contributed by atoms with Crippen molar-refractivity contribution >= 4 is 15.7 Å². The molecule has 0 amide bonds. The number of hydrogen-bond donors (Lipinski definition) is 0. The molecular formula is C28H26F3N5O3S. The number of halogens is 3. The molecule has 3 aromatic carbocycles. The van der Waals surface area contributed by atoms with Gasteiger partial charge in [-0.15, -0.1) is 5.10 Å². The van der Waals surface area contributed by atoms with E-state index >= 15 is 0 Å². The lowest BCUT2D eigenvalue weighted by Crippen LogP contribution is -2.32. The summed E-state index contributed by atoms with van der Waals surface area (Å²) in [5, 5.41) is 8.23. The Labute approximate surface area is 229 Å². The number of para-hydroxylation sites is 1. The van der Waals surface area contributed by atoms with Crippen LogP contribution in [0, 0.1) is 0 Å². The molecule has 0 saturated carbocycles. The molecule has 2 aliphatic heterocycles. The predicted octanol–water partition coefficient (Wildman–Crippen LogP) is 5.44. The lowest BCUT2D eigenvalue weighted by molar-refractivity contribution is -0.137. The van der Waals surface area contributed by atoms with E-state index in [0.717, 1.165) is 43.8 Å². The monoisotopic (exact) mass is 569 g/mol. The summed E-state index contributed by atoms with van der Waals surface area (Å²) < 4.78 is 75.5. The van der Waals surface area contributed by atoms with E-state index < -0.39 is 21.8 Å². The van der Waals surface area contributed by atoms with Crippen molar-refractivity contribution in [2.45, 2.75) is 43.5 Å². The number of sulfonamides is 1. The van der Waals surface area contributed by atoms with E-state index in [4.69, 9.17) is 4.74 Å². The summed E-state index contributed by atoms with van der Waals surface area (Å²) in [5.74, 6) is 0.848. The number of hydrogen-bond acceptors (Lipinski definition) is 6. The van der Waals surface area contributed by atoms with Crippen molar-refractivity contribution in [3.63, 3.8) is 0 Å². The van der Waals surface area contributed by atoms with Gasteiger partial charge in [-0.1, -0.05) is 35.5 Å². The second-order valence-electron chi connectivity index (χ2n) is 9.91. The molecule has 3 heterocycles. The highest BCUT2D eigenvalue weighted by Gasteiger charge is 2.33. The summed E-state index contributed by atoms with van der Waals surface area (Å²) in [7, 11) is -3.99. The van der Waals surface area contributed by atoms with Crippen LogP contribution in [0.25, 0.3) is 0 Å². The molecule has 2 aliphatic rings. The fourth-order valence-corrected chi connectivity index (χ4v) is 6.51. The molecule has 0 radical (unpaired) electrons.